The maximum atomic E-state index is 12.8. The van der Waals surface area contributed by atoms with Gasteiger partial charge >= 0.3 is 0 Å². The van der Waals surface area contributed by atoms with Crippen LogP contribution in [-0.4, -0.2) is 0 Å². The summed E-state index contributed by atoms with van der Waals surface area (Å²) in [4.78, 5) is 0. The lowest BCUT2D eigenvalue weighted by atomic mass is 9.84. The van der Waals surface area contributed by atoms with Crippen molar-refractivity contribution < 1.29 is 5.11 Å². The Labute approximate surface area is 160 Å². The molecule has 4 aromatic rings. The first-order chi connectivity index (χ1) is 13.3. The van der Waals surface area contributed by atoms with Gasteiger partial charge in [-0.1, -0.05) is 115 Å². The lowest BCUT2D eigenvalue weighted by molar-refractivity contribution is 0.124. The minimum atomic E-state index is -0.854. The van der Waals surface area contributed by atoms with Gasteiger partial charge in [0.25, 0.3) is 0 Å². The fraction of sp³-hybridized carbons (Fsp3) is 0.0769. The maximum absolute atomic E-state index is 12.8. The van der Waals surface area contributed by atoms with E-state index in [0.717, 1.165) is 11.1 Å². The molecule has 1 nitrogen and oxygen atoms in total. The predicted molar refractivity (Wildman–Crippen MR) is 109 cm³/mol. The Morgan fingerprint density at radius 3 is 1.11 bits per heavy atom. The Kier molecular flexibility index (Phi) is 5.13. The van der Waals surface area contributed by atoms with Gasteiger partial charge in [-0.25, -0.2) is 5.11 Å². The summed E-state index contributed by atoms with van der Waals surface area (Å²) in [6, 6.07) is 38.7. The number of hydrogen-bond donors (Lipinski definition) is 0. The van der Waals surface area contributed by atoms with Crippen molar-refractivity contribution >= 4 is 0 Å². The molecule has 0 bridgehead atoms. The summed E-state index contributed by atoms with van der Waals surface area (Å²) in [6.45, 7) is 0. The maximum Gasteiger partial charge on any atom is 0.143 e. The van der Waals surface area contributed by atoms with E-state index in [2.05, 4.69) is 60.7 Å². The predicted octanol–water partition coefficient (Wildman–Crippen LogP) is 6.39. The third-order valence-electron chi connectivity index (χ3n) is 4.94. The van der Waals surface area contributed by atoms with Gasteiger partial charge in [-0.05, 0) is 27.8 Å². The molecule has 0 spiro atoms. The second-order valence-corrected chi connectivity index (χ2v) is 6.71. The van der Waals surface area contributed by atoms with E-state index in [-0.39, 0.29) is 5.92 Å². The van der Waals surface area contributed by atoms with E-state index in [4.69, 9.17) is 0 Å². The molecule has 4 aromatic carbocycles. The minimum absolute atomic E-state index is 0.156. The zero-order valence-electron chi connectivity index (χ0n) is 15.0. The number of hydrogen-bond acceptors (Lipinski definition) is 0. The van der Waals surface area contributed by atoms with E-state index in [9.17, 15) is 5.11 Å². The molecule has 0 saturated carbocycles. The van der Waals surface area contributed by atoms with Gasteiger partial charge in [0.15, 0.2) is 0 Å². The quantitative estimate of drug-likeness (QED) is 0.372. The number of rotatable bonds is 5. The van der Waals surface area contributed by atoms with Crippen LogP contribution in [0.1, 0.15) is 39.8 Å². The molecule has 27 heavy (non-hydrogen) atoms. The molecule has 0 saturated heterocycles. The van der Waals surface area contributed by atoms with E-state index >= 15 is 0 Å². The van der Waals surface area contributed by atoms with Crippen molar-refractivity contribution in [3.05, 3.63) is 143 Å². The SMILES string of the molecule is [O]C(c1ccccc1)c1ccc(C(c2ccccc2)c2ccccc2)cc1. The van der Waals surface area contributed by atoms with Crippen LogP contribution in [0.15, 0.2) is 115 Å². The van der Waals surface area contributed by atoms with Gasteiger partial charge in [0, 0.05) is 5.92 Å². The van der Waals surface area contributed by atoms with Gasteiger partial charge in [-0.3, -0.25) is 0 Å². The molecule has 4 rings (SSSR count). The molecule has 1 atom stereocenters. The third kappa shape index (κ3) is 3.84. The molecule has 0 aliphatic carbocycles. The molecule has 1 radical (unpaired) electrons. The van der Waals surface area contributed by atoms with Crippen molar-refractivity contribution in [2.45, 2.75) is 12.0 Å². The Bertz CT molecular complexity index is 921. The summed E-state index contributed by atoms with van der Waals surface area (Å²) < 4.78 is 0. The van der Waals surface area contributed by atoms with Crippen molar-refractivity contribution in [2.75, 3.05) is 0 Å². The van der Waals surface area contributed by atoms with Gasteiger partial charge in [0.1, 0.15) is 6.10 Å². The molecule has 131 valence electrons. The lowest BCUT2D eigenvalue weighted by Crippen LogP contribution is -2.04. The lowest BCUT2D eigenvalue weighted by Gasteiger charge is -2.19. The normalized spacial score (nSPS) is 12.1. The molecule has 0 amide bonds. The van der Waals surface area contributed by atoms with E-state index < -0.39 is 6.10 Å². The van der Waals surface area contributed by atoms with Gasteiger partial charge in [0.05, 0.1) is 0 Å². The Hall–Kier alpha value is -3.16. The summed E-state index contributed by atoms with van der Waals surface area (Å²) in [5.74, 6) is 0.156. The molecule has 1 unspecified atom stereocenters. The molecule has 0 N–H and O–H groups in total. The molecular formula is C26H21O. The highest BCUT2D eigenvalue weighted by Crippen LogP contribution is 2.33. The molecule has 0 aromatic heterocycles. The van der Waals surface area contributed by atoms with Gasteiger partial charge < -0.3 is 0 Å². The van der Waals surface area contributed by atoms with E-state index in [1.165, 1.54) is 16.7 Å². The molecule has 1 heteroatoms. The Morgan fingerprint density at radius 2 is 0.667 bits per heavy atom. The van der Waals surface area contributed by atoms with Gasteiger partial charge in [-0.2, -0.15) is 0 Å². The zero-order valence-corrected chi connectivity index (χ0v) is 15.0. The van der Waals surface area contributed by atoms with E-state index in [1.54, 1.807) is 0 Å². The van der Waals surface area contributed by atoms with Crippen LogP contribution in [0.3, 0.4) is 0 Å². The highest BCUT2D eigenvalue weighted by molar-refractivity contribution is 5.44. The summed E-state index contributed by atoms with van der Waals surface area (Å²) in [5, 5.41) is 12.8. The number of benzene rings is 4. The fourth-order valence-corrected chi connectivity index (χ4v) is 3.55. The highest BCUT2D eigenvalue weighted by Gasteiger charge is 2.18. The van der Waals surface area contributed by atoms with Crippen LogP contribution in [0, 0.1) is 0 Å². The van der Waals surface area contributed by atoms with Crippen LogP contribution in [0.2, 0.25) is 0 Å². The third-order valence-corrected chi connectivity index (χ3v) is 4.94. The van der Waals surface area contributed by atoms with Crippen LogP contribution >= 0.6 is 0 Å². The zero-order chi connectivity index (χ0) is 18.5. The summed E-state index contributed by atoms with van der Waals surface area (Å²) in [5.41, 5.74) is 5.28. The van der Waals surface area contributed by atoms with Crippen molar-refractivity contribution in [2.24, 2.45) is 0 Å². The van der Waals surface area contributed by atoms with E-state index in [0.29, 0.717) is 0 Å². The Balaban J connectivity index is 1.69. The molecule has 0 fully saturated rings. The smallest absolute Gasteiger partial charge is 0.143 e. The van der Waals surface area contributed by atoms with Crippen LogP contribution in [0.25, 0.3) is 0 Å². The van der Waals surface area contributed by atoms with E-state index in [1.807, 2.05) is 54.6 Å². The van der Waals surface area contributed by atoms with Crippen molar-refractivity contribution in [1.29, 1.82) is 0 Å². The van der Waals surface area contributed by atoms with Gasteiger partial charge in [0.2, 0.25) is 0 Å². The van der Waals surface area contributed by atoms with Crippen LogP contribution < -0.4 is 0 Å². The average molecular weight is 349 g/mol. The van der Waals surface area contributed by atoms with Crippen molar-refractivity contribution in [3.63, 3.8) is 0 Å². The first kappa shape index (κ1) is 17.3. The fourth-order valence-electron chi connectivity index (χ4n) is 3.55. The monoisotopic (exact) mass is 349 g/mol. The first-order valence-corrected chi connectivity index (χ1v) is 9.23. The summed E-state index contributed by atoms with van der Waals surface area (Å²) >= 11 is 0. The topological polar surface area (TPSA) is 19.9 Å². The minimum Gasteiger partial charge on any atom is -0.223 e. The molecule has 0 heterocycles. The molecule has 0 aliphatic rings. The van der Waals surface area contributed by atoms with Crippen LogP contribution in [-0.2, 0) is 5.11 Å². The second kappa shape index (κ2) is 8.03. The largest absolute Gasteiger partial charge is 0.223 e. The molecule has 0 aliphatic heterocycles. The standard InChI is InChI=1S/C26H21O/c27-26(23-14-8-3-9-15-23)24-18-16-22(17-19-24)25(20-10-4-1-5-11-20)21-12-6-2-7-13-21/h1-19,25-26H. The highest BCUT2D eigenvalue weighted by atomic mass is 16.3. The first-order valence-electron chi connectivity index (χ1n) is 9.23. The summed E-state index contributed by atoms with van der Waals surface area (Å²) in [7, 11) is 0. The second-order valence-electron chi connectivity index (χ2n) is 6.71. The Morgan fingerprint density at radius 1 is 0.370 bits per heavy atom. The average Bonchev–Trinajstić information content (AvgIpc) is 2.76. The van der Waals surface area contributed by atoms with Gasteiger partial charge in [-0.15, -0.1) is 0 Å². The molecular weight excluding hydrogens is 328 g/mol. The summed E-state index contributed by atoms with van der Waals surface area (Å²) in [6.07, 6.45) is -0.854. The van der Waals surface area contributed by atoms with Crippen molar-refractivity contribution in [3.8, 4) is 0 Å². The van der Waals surface area contributed by atoms with Crippen LogP contribution in [0.5, 0.6) is 0 Å². The van der Waals surface area contributed by atoms with Crippen molar-refractivity contribution in [1.82, 2.24) is 0 Å². The van der Waals surface area contributed by atoms with Crippen LogP contribution in [0.4, 0.5) is 0 Å².